The predicted octanol–water partition coefficient (Wildman–Crippen LogP) is 1.14. The minimum Gasteiger partial charge on any atom is -0.493 e. The largest absolute Gasteiger partial charge is 0.493 e. The lowest BCUT2D eigenvalue weighted by Gasteiger charge is -2.39. The van der Waals surface area contributed by atoms with Gasteiger partial charge in [0.05, 0.1) is 5.69 Å². The Morgan fingerprint density at radius 2 is 2.09 bits per heavy atom. The van der Waals surface area contributed by atoms with Gasteiger partial charge in [-0.1, -0.05) is 0 Å². The fraction of sp³-hybridized carbons (Fsp3) is 0.600. The van der Waals surface area contributed by atoms with E-state index >= 15 is 0 Å². The minimum atomic E-state index is 0.281. The Kier molecular flexibility index (Phi) is 3.63. The molecule has 0 aromatic carbocycles. The highest BCUT2D eigenvalue weighted by Crippen LogP contribution is 2.33. The van der Waals surface area contributed by atoms with Crippen molar-refractivity contribution in [3.63, 3.8) is 0 Å². The van der Waals surface area contributed by atoms with Crippen LogP contribution in [0.25, 0.3) is 5.13 Å². The van der Waals surface area contributed by atoms with Gasteiger partial charge in [-0.25, -0.2) is 4.98 Å². The van der Waals surface area contributed by atoms with Gasteiger partial charge in [0.15, 0.2) is 0 Å². The standard InChI is InChI=1S/C15H21N5OS/c1-18-5-7-19(8-6-18)11-2-3-13-12(10-11)14(21)20(17-13)15-16-4-9-22-15/h4,9,11,21H,2-3,5-8,10H2,1H3. The van der Waals surface area contributed by atoms with Gasteiger partial charge in [-0.15, -0.1) is 11.3 Å². The Bertz CT molecular complexity index is 645. The molecule has 1 atom stereocenters. The van der Waals surface area contributed by atoms with Crippen LogP contribution in [0, 0.1) is 0 Å². The van der Waals surface area contributed by atoms with E-state index in [1.165, 1.54) is 11.3 Å². The van der Waals surface area contributed by atoms with Gasteiger partial charge in [0.25, 0.3) is 0 Å². The molecule has 0 bridgehead atoms. The summed E-state index contributed by atoms with van der Waals surface area (Å²) < 4.78 is 1.60. The van der Waals surface area contributed by atoms with Crippen molar-refractivity contribution in [2.24, 2.45) is 0 Å². The van der Waals surface area contributed by atoms with E-state index in [0.29, 0.717) is 6.04 Å². The number of hydrogen-bond donors (Lipinski definition) is 1. The van der Waals surface area contributed by atoms with E-state index in [1.807, 2.05) is 5.38 Å². The lowest BCUT2D eigenvalue weighted by Crippen LogP contribution is -2.50. The first-order valence-electron chi connectivity index (χ1n) is 7.84. The topological polar surface area (TPSA) is 57.4 Å². The molecule has 1 unspecified atom stereocenters. The van der Waals surface area contributed by atoms with Gasteiger partial charge in [0.2, 0.25) is 11.0 Å². The van der Waals surface area contributed by atoms with Crippen LogP contribution >= 0.6 is 11.3 Å². The predicted molar refractivity (Wildman–Crippen MR) is 85.8 cm³/mol. The van der Waals surface area contributed by atoms with Crippen molar-refractivity contribution in [3.05, 3.63) is 22.8 Å². The summed E-state index contributed by atoms with van der Waals surface area (Å²) in [5.74, 6) is 0.281. The summed E-state index contributed by atoms with van der Waals surface area (Å²) in [6, 6.07) is 0.529. The Morgan fingerprint density at radius 1 is 1.27 bits per heavy atom. The number of hydrogen-bond acceptors (Lipinski definition) is 6. The molecular formula is C15H21N5OS. The van der Waals surface area contributed by atoms with E-state index in [-0.39, 0.29) is 5.88 Å². The van der Waals surface area contributed by atoms with Crippen molar-refractivity contribution in [2.45, 2.75) is 25.3 Å². The summed E-state index contributed by atoms with van der Waals surface area (Å²) in [5, 5.41) is 17.8. The molecule has 1 aliphatic carbocycles. The summed E-state index contributed by atoms with van der Waals surface area (Å²) in [6.07, 6.45) is 4.71. The van der Waals surface area contributed by atoms with Gasteiger partial charge in [-0.3, -0.25) is 4.90 Å². The van der Waals surface area contributed by atoms with Gasteiger partial charge in [-0.05, 0) is 26.3 Å². The molecule has 6 nitrogen and oxygen atoms in total. The third-order valence-electron chi connectivity index (χ3n) is 4.85. The molecule has 1 aliphatic heterocycles. The molecule has 22 heavy (non-hydrogen) atoms. The monoisotopic (exact) mass is 319 g/mol. The number of aromatic hydroxyl groups is 1. The molecule has 7 heteroatoms. The van der Waals surface area contributed by atoms with Crippen molar-refractivity contribution in [1.29, 1.82) is 0 Å². The molecule has 0 radical (unpaired) electrons. The van der Waals surface area contributed by atoms with Crippen LogP contribution in [-0.4, -0.2) is 68.9 Å². The molecule has 1 fully saturated rings. The SMILES string of the molecule is CN1CCN(C2CCc3nn(-c4nccs4)c(O)c3C2)CC1. The number of rotatable bonds is 2. The molecule has 2 aliphatic rings. The molecule has 2 aromatic heterocycles. The highest BCUT2D eigenvalue weighted by molar-refractivity contribution is 7.12. The molecule has 1 saturated heterocycles. The van der Waals surface area contributed by atoms with Crippen molar-refractivity contribution >= 4 is 11.3 Å². The quantitative estimate of drug-likeness (QED) is 0.899. The second-order valence-corrected chi connectivity index (χ2v) is 7.08. The first-order valence-corrected chi connectivity index (χ1v) is 8.72. The highest BCUT2D eigenvalue weighted by atomic mass is 32.1. The lowest BCUT2D eigenvalue weighted by atomic mass is 9.91. The molecule has 0 saturated carbocycles. The van der Waals surface area contributed by atoms with Gasteiger partial charge >= 0.3 is 0 Å². The molecular weight excluding hydrogens is 298 g/mol. The van der Waals surface area contributed by atoms with Crippen molar-refractivity contribution in [2.75, 3.05) is 33.2 Å². The summed E-state index contributed by atoms with van der Waals surface area (Å²) in [4.78, 5) is 9.20. The van der Waals surface area contributed by atoms with Crippen LogP contribution in [0.15, 0.2) is 11.6 Å². The van der Waals surface area contributed by atoms with Crippen LogP contribution in [-0.2, 0) is 12.8 Å². The molecule has 4 rings (SSSR count). The average Bonchev–Trinajstić information content (AvgIpc) is 3.16. The van der Waals surface area contributed by atoms with Crippen LogP contribution in [0.5, 0.6) is 5.88 Å². The smallest absolute Gasteiger partial charge is 0.219 e. The molecule has 118 valence electrons. The summed E-state index contributed by atoms with van der Waals surface area (Å²) >= 11 is 1.50. The molecule has 0 spiro atoms. The van der Waals surface area contributed by atoms with Crippen LogP contribution in [0.3, 0.4) is 0 Å². The average molecular weight is 319 g/mol. The normalized spacial score (nSPS) is 23.6. The van der Waals surface area contributed by atoms with E-state index in [4.69, 9.17) is 0 Å². The fourth-order valence-electron chi connectivity index (χ4n) is 3.49. The second kappa shape index (κ2) is 5.64. The maximum Gasteiger partial charge on any atom is 0.219 e. The van der Waals surface area contributed by atoms with Crippen LogP contribution in [0.4, 0.5) is 0 Å². The molecule has 2 aromatic rings. The molecule has 0 amide bonds. The van der Waals surface area contributed by atoms with Crippen LogP contribution < -0.4 is 0 Å². The van der Waals surface area contributed by atoms with Crippen LogP contribution in [0.1, 0.15) is 17.7 Å². The van der Waals surface area contributed by atoms with Crippen molar-refractivity contribution in [1.82, 2.24) is 24.6 Å². The van der Waals surface area contributed by atoms with Crippen molar-refractivity contribution in [3.8, 4) is 11.0 Å². The second-order valence-electron chi connectivity index (χ2n) is 6.21. The third-order valence-corrected chi connectivity index (χ3v) is 5.60. The third kappa shape index (κ3) is 2.43. The first-order chi connectivity index (χ1) is 10.7. The van der Waals surface area contributed by atoms with E-state index < -0.39 is 0 Å². The Labute approximate surface area is 134 Å². The Balaban J connectivity index is 1.56. The maximum atomic E-state index is 10.5. The Morgan fingerprint density at radius 3 is 2.82 bits per heavy atom. The maximum absolute atomic E-state index is 10.5. The van der Waals surface area contributed by atoms with E-state index in [1.54, 1.807) is 10.9 Å². The van der Waals surface area contributed by atoms with E-state index in [0.717, 1.165) is 61.8 Å². The number of thiazole rings is 1. The fourth-order valence-corrected chi connectivity index (χ4v) is 4.08. The summed E-state index contributed by atoms with van der Waals surface area (Å²) in [6.45, 7) is 4.51. The molecule has 3 heterocycles. The number of nitrogens with zero attached hydrogens (tertiary/aromatic N) is 5. The summed E-state index contributed by atoms with van der Waals surface area (Å²) in [7, 11) is 2.18. The Hall–Kier alpha value is -1.44. The number of aryl methyl sites for hydroxylation is 1. The first kappa shape index (κ1) is 14.2. The zero-order valence-corrected chi connectivity index (χ0v) is 13.6. The number of likely N-dealkylation sites (N-methyl/N-ethyl adjacent to an activating group) is 1. The van der Waals surface area contributed by atoms with E-state index in [2.05, 4.69) is 26.9 Å². The van der Waals surface area contributed by atoms with Crippen LogP contribution in [0.2, 0.25) is 0 Å². The number of fused-ring (bicyclic) bond motifs is 1. The van der Waals surface area contributed by atoms with Gasteiger partial charge < -0.3 is 10.0 Å². The van der Waals surface area contributed by atoms with Gasteiger partial charge in [0.1, 0.15) is 0 Å². The zero-order chi connectivity index (χ0) is 15.1. The molecule has 1 N–H and O–H groups in total. The summed E-state index contributed by atoms with van der Waals surface area (Å²) in [5.41, 5.74) is 2.06. The number of piperazine rings is 1. The zero-order valence-electron chi connectivity index (χ0n) is 12.8. The van der Waals surface area contributed by atoms with Crippen molar-refractivity contribution < 1.29 is 5.11 Å². The lowest BCUT2D eigenvalue weighted by molar-refractivity contribution is 0.103. The number of aromatic nitrogens is 3. The highest BCUT2D eigenvalue weighted by Gasteiger charge is 2.31. The van der Waals surface area contributed by atoms with Gasteiger partial charge in [-0.2, -0.15) is 9.78 Å². The van der Waals surface area contributed by atoms with Gasteiger partial charge in [0, 0.05) is 49.4 Å². The minimum absolute atomic E-state index is 0.281. The van der Waals surface area contributed by atoms with E-state index in [9.17, 15) is 5.11 Å².